The summed E-state index contributed by atoms with van der Waals surface area (Å²) in [5, 5.41) is 4.01. The highest BCUT2D eigenvalue weighted by Crippen LogP contribution is 2.50. The van der Waals surface area contributed by atoms with Crippen molar-refractivity contribution in [3.05, 3.63) is 35.0 Å². The monoisotopic (exact) mass is 494 g/mol. The predicted octanol–water partition coefficient (Wildman–Crippen LogP) is 4.61. The Morgan fingerprint density at radius 2 is 1.94 bits per heavy atom. The zero-order valence-corrected chi connectivity index (χ0v) is 20.5. The van der Waals surface area contributed by atoms with Crippen molar-refractivity contribution in [1.82, 2.24) is 10.3 Å². The molecule has 3 heterocycles. The van der Waals surface area contributed by atoms with Gasteiger partial charge in [0.1, 0.15) is 23.7 Å². The third-order valence-electron chi connectivity index (χ3n) is 6.59. The summed E-state index contributed by atoms with van der Waals surface area (Å²) in [4.78, 5) is 27.8. The van der Waals surface area contributed by atoms with E-state index in [1.54, 1.807) is 40.7 Å². The highest BCUT2D eigenvalue weighted by molar-refractivity contribution is 6.15. The first-order valence-corrected chi connectivity index (χ1v) is 11.3. The Morgan fingerprint density at radius 3 is 2.51 bits per heavy atom. The molecule has 3 aliphatic heterocycles. The maximum atomic E-state index is 14.2. The largest absolute Gasteiger partial charge is 0.483 e. The van der Waals surface area contributed by atoms with E-state index >= 15 is 0 Å². The molecule has 190 valence electrons. The molecular weight excluding hydrogens is 465 g/mol. The lowest BCUT2D eigenvalue weighted by molar-refractivity contribution is -0.139. The van der Waals surface area contributed by atoms with Crippen molar-refractivity contribution >= 4 is 23.5 Å². The topological polar surface area (TPSA) is 83.5 Å². The van der Waals surface area contributed by atoms with Gasteiger partial charge < -0.3 is 14.4 Å². The van der Waals surface area contributed by atoms with Gasteiger partial charge in [-0.05, 0) is 51.3 Å². The maximum Gasteiger partial charge on any atom is 0.416 e. The Balaban J connectivity index is 1.72. The fourth-order valence-electron chi connectivity index (χ4n) is 4.64. The van der Waals surface area contributed by atoms with Crippen LogP contribution in [-0.4, -0.2) is 48.0 Å². The number of likely N-dealkylation sites (tertiary alicyclic amines) is 1. The Labute approximate surface area is 201 Å². The predicted molar refractivity (Wildman–Crippen MR) is 123 cm³/mol. The number of hydrazone groups is 1. The first-order valence-electron chi connectivity index (χ1n) is 11.3. The summed E-state index contributed by atoms with van der Waals surface area (Å²) >= 11 is 0. The molecule has 1 N–H and O–H groups in total. The van der Waals surface area contributed by atoms with E-state index in [2.05, 4.69) is 10.5 Å². The van der Waals surface area contributed by atoms with Crippen molar-refractivity contribution < 1.29 is 32.2 Å². The van der Waals surface area contributed by atoms with Crippen molar-refractivity contribution in [3.8, 4) is 5.75 Å². The zero-order valence-electron chi connectivity index (χ0n) is 20.5. The second-order valence-corrected chi connectivity index (χ2v) is 10.4. The number of ether oxygens (including phenoxy) is 2. The Bertz CT molecular complexity index is 1130. The lowest BCUT2D eigenvalue weighted by Crippen LogP contribution is -2.60. The standard InChI is InChI=1S/C24H29F3N4O4/c1-7-16-20(32)29-28-19-10-34-18-9-15(24(25,26)27)14(8-17(18)31(16)19)13(2)23(6)11-30(12-23)21(33)35-22(3,4)5/h7-9,13H,10-12H2,1-6H3,(H,29,32)/b16-7+. The van der Waals surface area contributed by atoms with E-state index in [0.717, 1.165) is 6.07 Å². The van der Waals surface area contributed by atoms with Crippen LogP contribution in [0.15, 0.2) is 29.0 Å². The van der Waals surface area contributed by atoms with E-state index in [-0.39, 0.29) is 36.7 Å². The number of carbonyl (C=O) groups excluding carboxylic acids is 2. The van der Waals surface area contributed by atoms with Crippen molar-refractivity contribution in [2.75, 3.05) is 24.6 Å². The van der Waals surface area contributed by atoms with E-state index in [1.807, 2.05) is 6.92 Å². The van der Waals surface area contributed by atoms with Gasteiger partial charge in [-0.2, -0.15) is 18.3 Å². The lowest BCUT2D eigenvalue weighted by atomic mass is 9.68. The van der Waals surface area contributed by atoms with E-state index in [0.29, 0.717) is 11.5 Å². The smallest absolute Gasteiger partial charge is 0.416 e. The van der Waals surface area contributed by atoms with Crippen molar-refractivity contribution in [1.29, 1.82) is 0 Å². The highest BCUT2D eigenvalue weighted by Gasteiger charge is 2.49. The molecule has 1 aromatic rings. The Morgan fingerprint density at radius 1 is 1.29 bits per heavy atom. The minimum atomic E-state index is -4.62. The van der Waals surface area contributed by atoms with Gasteiger partial charge in [-0.3, -0.25) is 9.69 Å². The van der Waals surface area contributed by atoms with Crippen LogP contribution in [0.2, 0.25) is 0 Å². The molecule has 1 unspecified atom stereocenters. The van der Waals surface area contributed by atoms with Gasteiger partial charge in [-0.15, -0.1) is 0 Å². The van der Waals surface area contributed by atoms with E-state index < -0.39 is 40.7 Å². The van der Waals surface area contributed by atoms with E-state index in [1.165, 1.54) is 15.9 Å². The fraction of sp³-hybridized carbons (Fsp3) is 0.542. The fourth-order valence-corrected chi connectivity index (χ4v) is 4.64. The summed E-state index contributed by atoms with van der Waals surface area (Å²) in [5.74, 6) is -0.638. The van der Waals surface area contributed by atoms with E-state index in [4.69, 9.17) is 9.47 Å². The summed E-state index contributed by atoms with van der Waals surface area (Å²) in [5.41, 5.74) is 0.949. The minimum absolute atomic E-state index is 0.0235. The molecule has 8 nitrogen and oxygen atoms in total. The van der Waals surface area contributed by atoms with Crippen LogP contribution in [-0.2, 0) is 15.7 Å². The number of carbonyl (C=O) groups is 2. The number of hydrogen-bond donors (Lipinski definition) is 1. The zero-order chi connectivity index (χ0) is 25.9. The molecule has 2 amide bonds. The van der Waals surface area contributed by atoms with Crippen LogP contribution in [0.25, 0.3) is 0 Å². The van der Waals surface area contributed by atoms with Crippen molar-refractivity contribution in [3.63, 3.8) is 0 Å². The van der Waals surface area contributed by atoms with Crippen LogP contribution >= 0.6 is 0 Å². The van der Waals surface area contributed by atoms with E-state index in [9.17, 15) is 22.8 Å². The summed E-state index contributed by atoms with van der Waals surface area (Å²) in [7, 11) is 0. The van der Waals surface area contributed by atoms with Gasteiger partial charge in [0.25, 0.3) is 5.91 Å². The van der Waals surface area contributed by atoms with Crippen LogP contribution < -0.4 is 15.1 Å². The summed E-state index contributed by atoms with van der Waals surface area (Å²) in [6.07, 6.45) is -3.54. The van der Waals surface area contributed by atoms with Gasteiger partial charge in [-0.1, -0.05) is 19.9 Å². The SMILES string of the molecule is C/C=C1\C(=O)NN=C2COc3cc(C(F)(F)F)c(C(C)C4(C)CN(C(=O)OC(C)(C)C)C4)cc3N21. The van der Waals surface area contributed by atoms with Gasteiger partial charge in [-0.25, -0.2) is 10.2 Å². The number of alkyl halides is 3. The van der Waals surface area contributed by atoms with Crippen LogP contribution in [0.4, 0.5) is 23.7 Å². The van der Waals surface area contributed by atoms with Gasteiger partial charge in [0.2, 0.25) is 0 Å². The quantitative estimate of drug-likeness (QED) is 0.607. The number of fused-ring (bicyclic) bond motifs is 3. The molecule has 0 radical (unpaired) electrons. The average Bonchev–Trinajstić information content (AvgIpc) is 2.73. The second kappa shape index (κ2) is 8.17. The number of halogens is 3. The van der Waals surface area contributed by atoms with Gasteiger partial charge in [0, 0.05) is 18.5 Å². The number of rotatable bonds is 2. The number of nitrogens with zero attached hydrogens (tertiary/aromatic N) is 3. The van der Waals surface area contributed by atoms with Crippen LogP contribution in [0.3, 0.4) is 0 Å². The van der Waals surface area contributed by atoms with Crippen LogP contribution in [0.1, 0.15) is 58.6 Å². The second-order valence-electron chi connectivity index (χ2n) is 10.4. The molecule has 3 aliphatic rings. The molecule has 0 spiro atoms. The minimum Gasteiger partial charge on any atom is -0.483 e. The summed E-state index contributed by atoms with van der Waals surface area (Å²) in [6, 6.07) is 2.42. The van der Waals surface area contributed by atoms with Gasteiger partial charge in [0.15, 0.2) is 5.84 Å². The summed E-state index contributed by atoms with van der Waals surface area (Å²) in [6.45, 7) is 11.0. The third-order valence-corrected chi connectivity index (χ3v) is 6.59. The van der Waals surface area contributed by atoms with Gasteiger partial charge in [0.05, 0.1) is 11.3 Å². The number of amides is 2. The van der Waals surface area contributed by atoms with Crippen molar-refractivity contribution in [2.24, 2.45) is 10.5 Å². The highest BCUT2D eigenvalue weighted by atomic mass is 19.4. The number of anilines is 1. The van der Waals surface area contributed by atoms with Crippen LogP contribution in [0.5, 0.6) is 5.75 Å². The van der Waals surface area contributed by atoms with Crippen LogP contribution in [0, 0.1) is 5.41 Å². The number of amidine groups is 1. The molecule has 0 bridgehead atoms. The van der Waals surface area contributed by atoms with Gasteiger partial charge >= 0.3 is 12.3 Å². The Hall–Kier alpha value is -3.24. The number of allylic oxidation sites excluding steroid dienone is 1. The third kappa shape index (κ3) is 4.43. The molecule has 1 fully saturated rings. The average molecular weight is 495 g/mol. The lowest BCUT2D eigenvalue weighted by Gasteiger charge is -2.51. The molecule has 0 saturated carbocycles. The normalized spacial score (nSPS) is 21.2. The summed E-state index contributed by atoms with van der Waals surface area (Å²) < 4.78 is 53.5. The maximum absolute atomic E-state index is 14.2. The number of hydrogen-bond acceptors (Lipinski definition) is 6. The Kier molecular flexibility index (Phi) is 5.80. The molecule has 0 aliphatic carbocycles. The number of benzene rings is 1. The molecule has 1 atom stereocenters. The molecular formula is C24H29F3N4O4. The first kappa shape index (κ1) is 24.9. The molecule has 1 saturated heterocycles. The number of nitrogens with one attached hydrogen (secondary N) is 1. The molecule has 4 rings (SSSR count). The molecule has 11 heteroatoms. The molecule has 35 heavy (non-hydrogen) atoms. The van der Waals surface area contributed by atoms with Crippen molar-refractivity contribution in [2.45, 2.75) is 59.2 Å². The molecule has 0 aromatic heterocycles. The molecule has 1 aromatic carbocycles. The first-order chi connectivity index (χ1) is 16.1.